The second-order valence-electron chi connectivity index (χ2n) is 3.14. The molecule has 0 saturated heterocycles. The van der Waals surface area contributed by atoms with E-state index in [0.29, 0.717) is 18.9 Å². The molecule has 0 saturated carbocycles. The molecule has 0 aliphatic carbocycles. The average molecular weight is 230 g/mol. The first kappa shape index (κ1) is 12.8. The van der Waals surface area contributed by atoms with E-state index in [0.717, 1.165) is 0 Å². The lowest BCUT2D eigenvalue weighted by atomic mass is 10.3. The molecule has 6 heteroatoms. The van der Waals surface area contributed by atoms with E-state index in [4.69, 9.17) is 14.7 Å². The number of rotatable bonds is 6. The summed E-state index contributed by atoms with van der Waals surface area (Å²) in [4.78, 5) is 8.60. The van der Waals surface area contributed by atoms with Crippen LogP contribution in [0.2, 0.25) is 0 Å². The molecule has 0 spiro atoms. The molecule has 1 aromatic heterocycles. The van der Waals surface area contributed by atoms with Crippen molar-refractivity contribution in [2.24, 2.45) is 0 Å². The minimum atomic E-state index is -0.569. The van der Waals surface area contributed by atoms with Crippen molar-refractivity contribution >= 4 is 0 Å². The Bertz CT molecular complexity index is 336. The van der Waals surface area contributed by atoms with Crippen molar-refractivity contribution < 1.29 is 19.1 Å². The molecule has 1 aromatic rings. The topological polar surface area (TPSA) is 54.8 Å². The lowest BCUT2D eigenvalue weighted by Gasteiger charge is -2.13. The van der Waals surface area contributed by atoms with Crippen LogP contribution in [0.25, 0.3) is 0 Å². The zero-order valence-electron chi connectivity index (χ0n) is 9.31. The first-order valence-corrected chi connectivity index (χ1v) is 4.80. The number of aromatic nitrogens is 1. The molecule has 0 aromatic carbocycles. The molecule has 1 rings (SSSR count). The molecule has 90 valence electrons. The van der Waals surface area contributed by atoms with Crippen LogP contribution in [-0.2, 0) is 11.4 Å². The smallest absolute Gasteiger partial charge is 0.150 e. The number of aliphatic hydroxyl groups is 1. The van der Waals surface area contributed by atoms with Crippen LogP contribution in [0.4, 0.5) is 4.39 Å². The normalized spacial score (nSPS) is 10.8. The van der Waals surface area contributed by atoms with Gasteiger partial charge in [0.2, 0.25) is 0 Å². The van der Waals surface area contributed by atoms with Gasteiger partial charge in [0.05, 0.1) is 26.5 Å². The van der Waals surface area contributed by atoms with Crippen LogP contribution in [0.5, 0.6) is 5.75 Å². The number of ether oxygens (including phenoxy) is 1. The molecule has 16 heavy (non-hydrogen) atoms. The fourth-order valence-corrected chi connectivity index (χ4v) is 1.03. The lowest BCUT2D eigenvalue weighted by molar-refractivity contribution is -0.113. The van der Waals surface area contributed by atoms with Gasteiger partial charge in [-0.1, -0.05) is 0 Å². The third-order valence-corrected chi connectivity index (χ3v) is 2.03. The average Bonchev–Trinajstić information content (AvgIpc) is 2.29. The molecule has 0 radical (unpaired) electrons. The summed E-state index contributed by atoms with van der Waals surface area (Å²) in [6.45, 7) is 0.502. The van der Waals surface area contributed by atoms with E-state index in [1.807, 2.05) is 0 Å². The van der Waals surface area contributed by atoms with Crippen molar-refractivity contribution in [3.05, 3.63) is 23.8 Å². The Labute approximate surface area is 93.4 Å². The van der Waals surface area contributed by atoms with Gasteiger partial charge in [-0.2, -0.15) is 5.06 Å². The van der Waals surface area contributed by atoms with Gasteiger partial charge in [0, 0.05) is 13.1 Å². The molecule has 0 atom stereocenters. The van der Waals surface area contributed by atoms with Crippen molar-refractivity contribution in [2.45, 2.75) is 6.61 Å². The van der Waals surface area contributed by atoms with Crippen molar-refractivity contribution in [3.8, 4) is 5.75 Å². The summed E-state index contributed by atoms with van der Waals surface area (Å²) < 4.78 is 18.4. The monoisotopic (exact) mass is 230 g/mol. The molecular formula is C10H15FN2O3. The number of likely N-dealkylation sites (N-methyl/N-ethyl adjacent to an activating group) is 1. The van der Waals surface area contributed by atoms with Gasteiger partial charge in [0.25, 0.3) is 0 Å². The maximum atomic E-state index is 13.2. The first-order valence-electron chi connectivity index (χ1n) is 4.80. The summed E-state index contributed by atoms with van der Waals surface area (Å²) in [6, 6.07) is 1.20. The first-order chi connectivity index (χ1) is 7.67. The van der Waals surface area contributed by atoms with Crippen LogP contribution in [0, 0.1) is 5.82 Å². The highest BCUT2D eigenvalue weighted by atomic mass is 19.1. The van der Waals surface area contributed by atoms with Crippen LogP contribution in [0.1, 0.15) is 5.69 Å². The quantitative estimate of drug-likeness (QED) is 0.725. The van der Waals surface area contributed by atoms with Gasteiger partial charge in [-0.25, -0.2) is 4.39 Å². The Morgan fingerprint density at radius 1 is 1.56 bits per heavy atom. The molecule has 1 heterocycles. The maximum Gasteiger partial charge on any atom is 0.150 e. The van der Waals surface area contributed by atoms with Gasteiger partial charge in [-0.3, -0.25) is 4.98 Å². The standard InChI is InChI=1S/C10H15FN2O3/c1-13(15-2)3-4-16-8-5-9(11)10(7-14)12-6-8/h5-6,14H,3-4,7H2,1-2H3. The van der Waals surface area contributed by atoms with Crippen LogP contribution in [0.15, 0.2) is 12.3 Å². The number of pyridine rings is 1. The highest BCUT2D eigenvalue weighted by Crippen LogP contribution is 2.13. The summed E-state index contributed by atoms with van der Waals surface area (Å²) in [6.07, 6.45) is 1.38. The molecule has 0 aliphatic rings. The predicted molar refractivity (Wildman–Crippen MR) is 55.3 cm³/mol. The Kier molecular flexibility index (Phi) is 5.10. The summed E-state index contributed by atoms with van der Waals surface area (Å²) in [5.74, 6) is -0.237. The number of hydrogen-bond donors (Lipinski definition) is 1. The Balaban J connectivity index is 2.46. The minimum Gasteiger partial charge on any atom is -0.490 e. The molecule has 0 unspecified atom stereocenters. The van der Waals surface area contributed by atoms with E-state index in [1.54, 1.807) is 19.2 Å². The van der Waals surface area contributed by atoms with E-state index in [-0.39, 0.29) is 5.69 Å². The summed E-state index contributed by atoms with van der Waals surface area (Å²) >= 11 is 0. The summed E-state index contributed by atoms with van der Waals surface area (Å²) in [5, 5.41) is 10.3. The van der Waals surface area contributed by atoms with E-state index in [9.17, 15) is 4.39 Å². The number of halogens is 1. The third-order valence-electron chi connectivity index (χ3n) is 2.03. The highest BCUT2D eigenvalue weighted by molar-refractivity contribution is 5.21. The predicted octanol–water partition coefficient (Wildman–Crippen LogP) is 0.585. The van der Waals surface area contributed by atoms with Gasteiger partial charge in [-0.05, 0) is 0 Å². The molecule has 1 N–H and O–H groups in total. The largest absolute Gasteiger partial charge is 0.490 e. The van der Waals surface area contributed by atoms with Gasteiger partial charge < -0.3 is 14.7 Å². The van der Waals surface area contributed by atoms with Gasteiger partial charge in [0.15, 0.2) is 5.82 Å². The Hall–Kier alpha value is -1.24. The van der Waals surface area contributed by atoms with Gasteiger partial charge in [0.1, 0.15) is 18.1 Å². The van der Waals surface area contributed by atoms with Crippen molar-refractivity contribution in [1.82, 2.24) is 10.0 Å². The highest BCUT2D eigenvalue weighted by Gasteiger charge is 2.05. The molecule has 5 nitrogen and oxygen atoms in total. The van der Waals surface area contributed by atoms with Crippen LogP contribution < -0.4 is 4.74 Å². The Morgan fingerprint density at radius 3 is 2.88 bits per heavy atom. The van der Waals surface area contributed by atoms with Gasteiger partial charge >= 0.3 is 0 Å². The van der Waals surface area contributed by atoms with Crippen molar-refractivity contribution in [3.63, 3.8) is 0 Å². The number of aliphatic hydroxyl groups excluding tert-OH is 1. The maximum absolute atomic E-state index is 13.2. The fourth-order valence-electron chi connectivity index (χ4n) is 1.03. The second-order valence-corrected chi connectivity index (χ2v) is 3.14. The molecular weight excluding hydrogens is 215 g/mol. The SMILES string of the molecule is CON(C)CCOc1cnc(CO)c(F)c1. The van der Waals surface area contributed by atoms with Crippen molar-refractivity contribution in [2.75, 3.05) is 27.3 Å². The van der Waals surface area contributed by atoms with Crippen LogP contribution >= 0.6 is 0 Å². The fraction of sp³-hybridized carbons (Fsp3) is 0.500. The number of hydrogen-bond acceptors (Lipinski definition) is 5. The van der Waals surface area contributed by atoms with Gasteiger partial charge in [-0.15, -0.1) is 0 Å². The van der Waals surface area contributed by atoms with E-state index < -0.39 is 12.4 Å². The van der Waals surface area contributed by atoms with Crippen LogP contribution in [0.3, 0.4) is 0 Å². The number of nitrogens with zero attached hydrogens (tertiary/aromatic N) is 2. The minimum absolute atomic E-state index is 0.0151. The summed E-state index contributed by atoms with van der Waals surface area (Å²) in [5.41, 5.74) is 0.0151. The number of hydroxylamine groups is 2. The van der Waals surface area contributed by atoms with Crippen molar-refractivity contribution in [1.29, 1.82) is 0 Å². The molecule has 0 amide bonds. The van der Waals surface area contributed by atoms with Crippen LogP contribution in [-0.4, -0.2) is 42.5 Å². The summed E-state index contributed by atoms with van der Waals surface area (Å²) in [7, 11) is 3.31. The molecule has 0 bridgehead atoms. The van der Waals surface area contributed by atoms with E-state index in [1.165, 1.54) is 12.3 Å². The zero-order valence-corrected chi connectivity index (χ0v) is 9.31. The molecule has 0 fully saturated rings. The van der Waals surface area contributed by atoms with E-state index in [2.05, 4.69) is 4.98 Å². The second kappa shape index (κ2) is 6.37. The third kappa shape index (κ3) is 3.73. The molecule has 0 aliphatic heterocycles. The zero-order chi connectivity index (χ0) is 12.0. The van der Waals surface area contributed by atoms with E-state index >= 15 is 0 Å². The lowest BCUT2D eigenvalue weighted by Crippen LogP contribution is -2.23. The Morgan fingerprint density at radius 2 is 2.31 bits per heavy atom.